The first-order chi connectivity index (χ1) is 8.72. The molecule has 1 saturated heterocycles. The molecular weight excluding hydrogens is 248 g/mol. The minimum Gasteiger partial charge on any atom is -0.381 e. The molecule has 0 spiro atoms. The van der Waals surface area contributed by atoms with Crippen LogP contribution in [0.5, 0.6) is 0 Å². The number of nitrogens with one attached hydrogen (secondary N) is 1. The number of ether oxygens (including phenoxy) is 1. The second-order valence-corrected chi connectivity index (χ2v) is 5.19. The minimum absolute atomic E-state index is 0.565. The zero-order valence-corrected chi connectivity index (χ0v) is 11.8. The Hall–Kier alpha value is -0.770. The van der Waals surface area contributed by atoms with Gasteiger partial charge in [0.05, 0.1) is 0 Å². The van der Waals surface area contributed by atoms with Gasteiger partial charge in [-0.1, -0.05) is 11.6 Å². The Morgan fingerprint density at radius 3 is 2.78 bits per heavy atom. The lowest BCUT2D eigenvalue weighted by atomic mass is 10.0. The van der Waals surface area contributed by atoms with Gasteiger partial charge in [-0.25, -0.2) is 0 Å². The van der Waals surface area contributed by atoms with Crippen LogP contribution in [-0.4, -0.2) is 33.4 Å². The van der Waals surface area contributed by atoms with Crippen molar-refractivity contribution in [1.82, 2.24) is 5.32 Å². The zero-order chi connectivity index (χ0) is 13.0. The molecule has 0 atom stereocenters. The fourth-order valence-electron chi connectivity index (χ4n) is 2.50. The highest BCUT2D eigenvalue weighted by molar-refractivity contribution is 6.30. The van der Waals surface area contributed by atoms with Gasteiger partial charge in [0.15, 0.2) is 0 Å². The van der Waals surface area contributed by atoms with Crippen molar-refractivity contribution in [2.45, 2.75) is 25.4 Å². The van der Waals surface area contributed by atoms with Crippen molar-refractivity contribution in [2.24, 2.45) is 0 Å². The van der Waals surface area contributed by atoms with Gasteiger partial charge in [0, 0.05) is 43.6 Å². The lowest BCUT2D eigenvalue weighted by Gasteiger charge is -2.34. The van der Waals surface area contributed by atoms with Crippen LogP contribution in [0.1, 0.15) is 18.4 Å². The van der Waals surface area contributed by atoms with E-state index in [1.54, 1.807) is 0 Å². The summed E-state index contributed by atoms with van der Waals surface area (Å²) in [6.07, 6.45) is 2.19. The van der Waals surface area contributed by atoms with Crippen molar-refractivity contribution >= 4 is 17.3 Å². The van der Waals surface area contributed by atoms with E-state index in [1.165, 1.54) is 11.3 Å². The van der Waals surface area contributed by atoms with Gasteiger partial charge in [0.1, 0.15) is 0 Å². The molecule has 0 radical (unpaired) electrons. The molecule has 1 heterocycles. The maximum Gasteiger partial charge on any atom is 0.0485 e. The molecule has 2 rings (SSSR count). The van der Waals surface area contributed by atoms with E-state index in [-0.39, 0.29) is 0 Å². The summed E-state index contributed by atoms with van der Waals surface area (Å²) in [5.41, 5.74) is 2.51. The fourth-order valence-corrected chi connectivity index (χ4v) is 2.69. The molecule has 100 valence electrons. The van der Waals surface area contributed by atoms with Gasteiger partial charge in [0.2, 0.25) is 0 Å². The Morgan fingerprint density at radius 1 is 1.39 bits per heavy atom. The molecule has 1 aromatic carbocycles. The summed E-state index contributed by atoms with van der Waals surface area (Å²) >= 11 is 6.08. The second-order valence-electron chi connectivity index (χ2n) is 4.76. The van der Waals surface area contributed by atoms with Gasteiger partial charge in [-0.05, 0) is 43.7 Å². The number of hydrogen-bond acceptors (Lipinski definition) is 3. The van der Waals surface area contributed by atoms with Crippen LogP contribution in [0.4, 0.5) is 5.69 Å². The van der Waals surface area contributed by atoms with Gasteiger partial charge < -0.3 is 15.0 Å². The average molecular weight is 269 g/mol. The lowest BCUT2D eigenvalue weighted by Crippen LogP contribution is -2.37. The predicted molar refractivity (Wildman–Crippen MR) is 76.5 cm³/mol. The summed E-state index contributed by atoms with van der Waals surface area (Å²) in [6, 6.07) is 6.69. The Morgan fingerprint density at radius 2 is 2.11 bits per heavy atom. The van der Waals surface area contributed by atoms with Crippen LogP contribution in [0.2, 0.25) is 5.02 Å². The molecule has 1 aliphatic rings. The summed E-state index contributed by atoms with van der Waals surface area (Å²) in [5.74, 6) is 0. The summed E-state index contributed by atoms with van der Waals surface area (Å²) in [5, 5.41) is 4.00. The van der Waals surface area contributed by atoms with Crippen LogP contribution in [0.25, 0.3) is 0 Å². The number of anilines is 1. The molecule has 0 aromatic heterocycles. The molecule has 3 nitrogen and oxygen atoms in total. The fraction of sp³-hybridized carbons (Fsp3) is 0.571. The van der Waals surface area contributed by atoms with Crippen LogP contribution in [0.3, 0.4) is 0 Å². The SMILES string of the molecule is CNCc1cc(Cl)ccc1N(C)C1CCOCC1. The van der Waals surface area contributed by atoms with Crippen molar-refractivity contribution < 1.29 is 4.74 Å². The van der Waals surface area contributed by atoms with Crippen molar-refractivity contribution in [2.75, 3.05) is 32.2 Å². The molecule has 18 heavy (non-hydrogen) atoms. The van der Waals surface area contributed by atoms with E-state index >= 15 is 0 Å². The molecule has 1 aliphatic heterocycles. The summed E-state index contributed by atoms with van der Waals surface area (Å²) in [7, 11) is 4.12. The molecule has 0 bridgehead atoms. The average Bonchev–Trinajstić information content (AvgIpc) is 2.40. The van der Waals surface area contributed by atoms with E-state index in [0.29, 0.717) is 6.04 Å². The van der Waals surface area contributed by atoms with Gasteiger partial charge in [0.25, 0.3) is 0 Å². The third kappa shape index (κ3) is 3.16. The lowest BCUT2D eigenvalue weighted by molar-refractivity contribution is 0.0854. The van der Waals surface area contributed by atoms with E-state index in [1.807, 2.05) is 19.2 Å². The van der Waals surface area contributed by atoms with Crippen molar-refractivity contribution in [3.05, 3.63) is 28.8 Å². The topological polar surface area (TPSA) is 24.5 Å². The molecule has 0 aliphatic carbocycles. The van der Waals surface area contributed by atoms with E-state index < -0.39 is 0 Å². The summed E-state index contributed by atoms with van der Waals surface area (Å²) < 4.78 is 5.42. The molecule has 0 unspecified atom stereocenters. The Bertz CT molecular complexity index is 391. The Kier molecular flexibility index (Phi) is 4.87. The first kappa shape index (κ1) is 13.7. The van der Waals surface area contributed by atoms with E-state index in [4.69, 9.17) is 16.3 Å². The van der Waals surface area contributed by atoms with Crippen molar-refractivity contribution in [1.29, 1.82) is 0 Å². The number of nitrogens with zero attached hydrogens (tertiary/aromatic N) is 1. The van der Waals surface area contributed by atoms with Crippen molar-refractivity contribution in [3.63, 3.8) is 0 Å². The third-order valence-electron chi connectivity index (χ3n) is 3.53. The third-order valence-corrected chi connectivity index (χ3v) is 3.76. The van der Waals surface area contributed by atoms with Gasteiger partial charge in [-0.15, -0.1) is 0 Å². The standard InChI is InChI=1S/C14H21ClN2O/c1-16-10-11-9-12(15)3-4-14(11)17(2)13-5-7-18-8-6-13/h3-4,9,13,16H,5-8,10H2,1-2H3. The molecule has 0 saturated carbocycles. The highest BCUT2D eigenvalue weighted by Crippen LogP contribution is 2.27. The number of hydrogen-bond donors (Lipinski definition) is 1. The van der Waals surface area contributed by atoms with Crippen LogP contribution < -0.4 is 10.2 Å². The number of benzene rings is 1. The Labute approximate surface area is 114 Å². The summed E-state index contributed by atoms with van der Waals surface area (Å²) in [6.45, 7) is 2.57. The minimum atomic E-state index is 0.565. The van der Waals surface area contributed by atoms with Crippen LogP contribution >= 0.6 is 11.6 Å². The van der Waals surface area contributed by atoms with E-state index in [2.05, 4.69) is 23.3 Å². The van der Waals surface area contributed by atoms with E-state index in [9.17, 15) is 0 Å². The number of halogens is 1. The quantitative estimate of drug-likeness (QED) is 0.909. The Balaban J connectivity index is 2.19. The van der Waals surface area contributed by atoms with Crippen LogP contribution in [0, 0.1) is 0 Å². The van der Waals surface area contributed by atoms with Gasteiger partial charge in [-0.2, -0.15) is 0 Å². The number of rotatable bonds is 4. The van der Waals surface area contributed by atoms with Gasteiger partial charge >= 0.3 is 0 Å². The highest BCUT2D eigenvalue weighted by Gasteiger charge is 2.20. The van der Waals surface area contributed by atoms with Crippen LogP contribution in [0.15, 0.2) is 18.2 Å². The monoisotopic (exact) mass is 268 g/mol. The van der Waals surface area contributed by atoms with E-state index in [0.717, 1.165) is 37.6 Å². The normalized spacial score (nSPS) is 16.8. The maximum atomic E-state index is 6.08. The second kappa shape index (κ2) is 6.41. The van der Waals surface area contributed by atoms with Gasteiger partial charge in [-0.3, -0.25) is 0 Å². The zero-order valence-electron chi connectivity index (χ0n) is 11.1. The largest absolute Gasteiger partial charge is 0.381 e. The molecular formula is C14H21ClN2O. The molecule has 1 aromatic rings. The van der Waals surface area contributed by atoms with Crippen molar-refractivity contribution in [3.8, 4) is 0 Å². The summed E-state index contributed by atoms with van der Waals surface area (Å²) in [4.78, 5) is 2.37. The molecule has 1 N–H and O–H groups in total. The molecule has 4 heteroatoms. The first-order valence-electron chi connectivity index (χ1n) is 6.46. The smallest absolute Gasteiger partial charge is 0.0485 e. The van der Waals surface area contributed by atoms with Crippen LogP contribution in [-0.2, 0) is 11.3 Å². The molecule has 0 amide bonds. The molecule has 1 fully saturated rings. The first-order valence-corrected chi connectivity index (χ1v) is 6.83. The maximum absolute atomic E-state index is 6.08. The highest BCUT2D eigenvalue weighted by atomic mass is 35.5. The predicted octanol–water partition coefficient (Wildman–Crippen LogP) is 2.67.